The van der Waals surface area contributed by atoms with Crippen LogP contribution in [0, 0.1) is 23.2 Å². The second-order valence-corrected chi connectivity index (χ2v) is 9.29. The van der Waals surface area contributed by atoms with Crippen LogP contribution >= 0.6 is 23.5 Å². The van der Waals surface area contributed by atoms with Crippen molar-refractivity contribution >= 4 is 34.4 Å². The minimum Gasteiger partial charge on any atom is -0.260 e. The van der Waals surface area contributed by atoms with Crippen molar-refractivity contribution in [3.8, 4) is 0 Å². The summed E-state index contributed by atoms with van der Waals surface area (Å²) < 4.78 is 0. The number of hydrazone groups is 1. The third kappa shape index (κ3) is 2.76. The van der Waals surface area contributed by atoms with E-state index >= 15 is 0 Å². The largest absolute Gasteiger partial charge is 0.260 e. The number of aliphatic imine (C=N–C) groups is 1. The zero-order chi connectivity index (χ0) is 14.3. The van der Waals surface area contributed by atoms with Gasteiger partial charge in [0, 0.05) is 16.9 Å². The van der Waals surface area contributed by atoms with E-state index in [1.807, 2.05) is 23.5 Å². The van der Waals surface area contributed by atoms with Crippen LogP contribution in [0.1, 0.15) is 38.5 Å². The van der Waals surface area contributed by atoms with E-state index in [9.17, 15) is 0 Å². The summed E-state index contributed by atoms with van der Waals surface area (Å²) in [5, 5.41) is 5.81. The molecule has 21 heavy (non-hydrogen) atoms. The fraction of sp³-hybridized carbons (Fsp3) is 0.875. The predicted molar refractivity (Wildman–Crippen MR) is 94.3 cm³/mol. The molecule has 116 valence electrons. The molecule has 5 heteroatoms. The summed E-state index contributed by atoms with van der Waals surface area (Å²) >= 11 is 3.72. The summed E-state index contributed by atoms with van der Waals surface area (Å²) in [7, 11) is 0. The quantitative estimate of drug-likeness (QED) is 0.803. The number of hydrogen-bond acceptors (Lipinski definition) is 4. The number of rotatable bonds is 4. The minimum atomic E-state index is 0.458. The lowest BCUT2D eigenvalue weighted by molar-refractivity contribution is -0.0126. The van der Waals surface area contributed by atoms with E-state index in [2.05, 4.69) is 16.7 Å². The van der Waals surface area contributed by atoms with Crippen molar-refractivity contribution in [2.75, 3.05) is 24.3 Å². The van der Waals surface area contributed by atoms with Crippen molar-refractivity contribution in [3.63, 3.8) is 0 Å². The third-order valence-electron chi connectivity index (χ3n) is 5.83. The molecule has 1 aliphatic heterocycles. The lowest BCUT2D eigenvalue weighted by Gasteiger charge is -2.57. The summed E-state index contributed by atoms with van der Waals surface area (Å²) in [5.74, 6) is 5.16. The van der Waals surface area contributed by atoms with Gasteiger partial charge in [-0.3, -0.25) is 10.4 Å². The number of nitrogens with zero attached hydrogens (tertiary/aromatic N) is 2. The van der Waals surface area contributed by atoms with Crippen LogP contribution < -0.4 is 5.43 Å². The second kappa shape index (κ2) is 5.80. The Morgan fingerprint density at radius 1 is 1.24 bits per heavy atom. The molecule has 0 amide bonds. The Bertz CT molecular complexity index is 437. The first-order valence-corrected chi connectivity index (χ1v) is 10.6. The lowest BCUT2D eigenvalue weighted by atomic mass is 9.48. The van der Waals surface area contributed by atoms with E-state index in [1.165, 1.54) is 44.2 Å². The average Bonchev–Trinajstić information content (AvgIpc) is 2.47. The number of thioether (sulfide) groups is 2. The van der Waals surface area contributed by atoms with Gasteiger partial charge in [-0.05, 0) is 62.5 Å². The Labute approximate surface area is 136 Å². The Morgan fingerprint density at radius 2 is 1.90 bits per heavy atom. The van der Waals surface area contributed by atoms with Crippen molar-refractivity contribution < 1.29 is 0 Å². The van der Waals surface area contributed by atoms with Crippen molar-refractivity contribution in [1.82, 2.24) is 5.43 Å². The van der Waals surface area contributed by atoms with E-state index in [-0.39, 0.29) is 0 Å². The maximum absolute atomic E-state index is 4.79. The normalized spacial score (nSPS) is 43.0. The molecule has 1 N–H and O–H groups in total. The van der Waals surface area contributed by atoms with E-state index < -0.39 is 0 Å². The first kappa shape index (κ1) is 14.4. The monoisotopic (exact) mass is 323 g/mol. The molecule has 0 aromatic heterocycles. The molecular weight excluding hydrogens is 298 g/mol. The molecule has 3 nitrogen and oxygen atoms in total. The molecule has 4 fully saturated rings. The number of amidine groups is 1. The van der Waals surface area contributed by atoms with Crippen LogP contribution in [0.25, 0.3) is 0 Å². The van der Waals surface area contributed by atoms with E-state index in [0.717, 1.165) is 41.0 Å². The molecule has 0 aromatic rings. The van der Waals surface area contributed by atoms with Gasteiger partial charge in [0.15, 0.2) is 5.17 Å². The van der Waals surface area contributed by atoms with Gasteiger partial charge in [0.2, 0.25) is 0 Å². The minimum absolute atomic E-state index is 0.458. The smallest absolute Gasteiger partial charge is 0.177 e. The fourth-order valence-electron chi connectivity index (χ4n) is 5.37. The molecule has 4 saturated carbocycles. The Hall–Kier alpha value is -0.160. The first-order valence-electron chi connectivity index (χ1n) is 8.27. The second-order valence-electron chi connectivity index (χ2n) is 7.34. The van der Waals surface area contributed by atoms with Gasteiger partial charge in [0.1, 0.15) is 0 Å². The van der Waals surface area contributed by atoms with Crippen molar-refractivity contribution in [1.29, 1.82) is 0 Å². The molecule has 5 rings (SSSR count). The van der Waals surface area contributed by atoms with Gasteiger partial charge in [-0.25, -0.2) is 0 Å². The Balaban J connectivity index is 1.46. The Kier molecular flexibility index (Phi) is 3.99. The first-order chi connectivity index (χ1) is 10.3. The Morgan fingerprint density at radius 3 is 2.43 bits per heavy atom. The van der Waals surface area contributed by atoms with Crippen LogP contribution in [-0.2, 0) is 0 Å². The van der Waals surface area contributed by atoms with Gasteiger partial charge < -0.3 is 0 Å². The van der Waals surface area contributed by atoms with Crippen molar-refractivity contribution in [2.45, 2.75) is 38.5 Å². The van der Waals surface area contributed by atoms with Crippen molar-refractivity contribution in [3.05, 3.63) is 0 Å². The molecule has 0 radical (unpaired) electrons. The van der Waals surface area contributed by atoms with Gasteiger partial charge in [-0.15, -0.1) is 0 Å². The molecule has 1 heterocycles. The van der Waals surface area contributed by atoms with Crippen LogP contribution in [0.3, 0.4) is 0 Å². The maximum atomic E-state index is 4.79. The van der Waals surface area contributed by atoms with E-state index in [1.54, 1.807) is 0 Å². The van der Waals surface area contributed by atoms with Crippen LogP contribution in [0.5, 0.6) is 0 Å². The highest BCUT2D eigenvalue weighted by Crippen LogP contribution is 2.60. The van der Waals surface area contributed by atoms with Gasteiger partial charge in [0.05, 0.1) is 12.3 Å². The summed E-state index contributed by atoms with van der Waals surface area (Å²) in [4.78, 5) is 4.59. The van der Waals surface area contributed by atoms with Crippen molar-refractivity contribution in [2.24, 2.45) is 33.3 Å². The van der Waals surface area contributed by atoms with E-state index in [4.69, 9.17) is 5.10 Å². The molecule has 4 bridgehead atoms. The zero-order valence-corrected chi connectivity index (χ0v) is 14.4. The number of nitrogens with one attached hydrogen (secondary N) is 1. The van der Waals surface area contributed by atoms with Gasteiger partial charge in [-0.1, -0.05) is 11.8 Å². The standard InChI is InChI=1S/C16H25N3S2/c1-20-3-2-17-15-19-18-14(10-21-15)16-7-11-4-12(8-16)6-13(5-11)9-16/h11-13H,2-10H2,1H3,(H,17,19). The van der Waals surface area contributed by atoms with Gasteiger partial charge in [0.25, 0.3) is 0 Å². The molecular formula is C16H25N3S2. The molecule has 0 spiro atoms. The average molecular weight is 324 g/mol. The topological polar surface area (TPSA) is 36.8 Å². The molecule has 0 saturated heterocycles. The van der Waals surface area contributed by atoms with Crippen LogP contribution in [0.2, 0.25) is 0 Å². The summed E-state index contributed by atoms with van der Waals surface area (Å²) in [6.45, 7) is 0.902. The summed E-state index contributed by atoms with van der Waals surface area (Å²) in [6.07, 6.45) is 10.9. The van der Waals surface area contributed by atoms with Crippen LogP contribution in [0.15, 0.2) is 10.1 Å². The highest BCUT2D eigenvalue weighted by Gasteiger charge is 2.53. The van der Waals surface area contributed by atoms with Crippen LogP contribution in [-0.4, -0.2) is 35.2 Å². The summed E-state index contributed by atoms with van der Waals surface area (Å²) in [6, 6.07) is 0. The maximum Gasteiger partial charge on any atom is 0.177 e. The summed E-state index contributed by atoms with van der Waals surface area (Å²) in [5.41, 5.74) is 5.16. The van der Waals surface area contributed by atoms with E-state index in [0.29, 0.717) is 5.41 Å². The predicted octanol–water partition coefficient (Wildman–Crippen LogP) is 3.61. The molecule has 0 aromatic carbocycles. The zero-order valence-electron chi connectivity index (χ0n) is 12.8. The lowest BCUT2D eigenvalue weighted by Crippen LogP contribution is -2.51. The highest BCUT2D eigenvalue weighted by molar-refractivity contribution is 8.14. The third-order valence-corrected chi connectivity index (χ3v) is 7.34. The number of hydrogen-bond donors (Lipinski definition) is 1. The van der Waals surface area contributed by atoms with Crippen LogP contribution in [0.4, 0.5) is 0 Å². The molecule has 0 unspecified atom stereocenters. The van der Waals surface area contributed by atoms with Gasteiger partial charge >= 0.3 is 0 Å². The highest BCUT2D eigenvalue weighted by atomic mass is 32.2. The molecule has 5 aliphatic rings. The molecule has 4 aliphatic carbocycles. The van der Waals surface area contributed by atoms with Gasteiger partial charge in [-0.2, -0.15) is 16.9 Å². The SMILES string of the molecule is CSCCN=C1NN=C(C23CC4CC(CC(C4)C2)C3)CS1. The fourth-order valence-corrected chi connectivity index (χ4v) is 6.58. The molecule has 0 atom stereocenters.